The van der Waals surface area contributed by atoms with Crippen LogP contribution in [0.4, 0.5) is 4.39 Å². The lowest BCUT2D eigenvalue weighted by molar-refractivity contribution is -0.134. The zero-order chi connectivity index (χ0) is 18.8. The van der Waals surface area contributed by atoms with Crippen molar-refractivity contribution in [3.63, 3.8) is 0 Å². The number of methoxy groups -OCH3 is 1. The van der Waals surface area contributed by atoms with E-state index in [-0.39, 0.29) is 24.4 Å². The van der Waals surface area contributed by atoms with Gasteiger partial charge in [-0.2, -0.15) is 0 Å². The van der Waals surface area contributed by atoms with E-state index in [0.717, 1.165) is 18.7 Å². The second kappa shape index (κ2) is 7.56. The summed E-state index contributed by atoms with van der Waals surface area (Å²) in [6.07, 6.45) is 0. The molecule has 2 aromatic rings. The van der Waals surface area contributed by atoms with Crippen molar-refractivity contribution in [3.05, 3.63) is 59.9 Å². The minimum absolute atomic E-state index is 0.0704. The largest absolute Gasteiger partial charge is 0.493 e. The lowest BCUT2D eigenvalue weighted by Crippen LogP contribution is -2.37. The Morgan fingerprint density at radius 3 is 2.78 bits per heavy atom. The Morgan fingerprint density at radius 1 is 1.19 bits per heavy atom. The summed E-state index contributed by atoms with van der Waals surface area (Å²) in [5, 5.41) is 3.39. The quantitative estimate of drug-likeness (QED) is 0.879. The summed E-state index contributed by atoms with van der Waals surface area (Å²) in [5.74, 6) is 1.44. The second-order valence-electron chi connectivity index (χ2n) is 7.07. The number of amides is 1. The number of para-hydroxylation sites is 2. The van der Waals surface area contributed by atoms with Crippen molar-refractivity contribution in [1.82, 2.24) is 10.2 Å². The van der Waals surface area contributed by atoms with Gasteiger partial charge in [-0.25, -0.2) is 4.39 Å². The van der Waals surface area contributed by atoms with E-state index in [2.05, 4.69) is 5.32 Å². The summed E-state index contributed by atoms with van der Waals surface area (Å²) in [4.78, 5) is 14.8. The van der Waals surface area contributed by atoms with Gasteiger partial charge in [-0.3, -0.25) is 4.79 Å². The molecule has 2 fully saturated rings. The summed E-state index contributed by atoms with van der Waals surface area (Å²) in [6, 6.07) is 13.7. The Bertz CT molecular complexity index is 829. The average Bonchev–Trinajstić information content (AvgIpc) is 3.27. The number of nitrogens with zero attached hydrogens (tertiary/aromatic N) is 1. The number of benzene rings is 2. The van der Waals surface area contributed by atoms with Crippen molar-refractivity contribution >= 4 is 5.91 Å². The summed E-state index contributed by atoms with van der Waals surface area (Å²) >= 11 is 0. The number of rotatable bonds is 5. The molecule has 2 heterocycles. The molecule has 1 amide bonds. The normalized spacial score (nSPS) is 23.9. The van der Waals surface area contributed by atoms with E-state index in [4.69, 9.17) is 9.47 Å². The van der Waals surface area contributed by atoms with Crippen LogP contribution < -0.4 is 14.8 Å². The molecule has 142 valence electrons. The first-order valence-electron chi connectivity index (χ1n) is 9.19. The first kappa shape index (κ1) is 17.8. The van der Waals surface area contributed by atoms with E-state index in [1.165, 1.54) is 12.1 Å². The highest BCUT2D eigenvalue weighted by Crippen LogP contribution is 2.42. The molecule has 1 N–H and O–H groups in total. The maximum absolute atomic E-state index is 13.8. The molecule has 4 rings (SSSR count). The number of hydrogen-bond donors (Lipinski definition) is 1. The predicted molar refractivity (Wildman–Crippen MR) is 99.2 cm³/mol. The highest BCUT2D eigenvalue weighted by atomic mass is 19.1. The van der Waals surface area contributed by atoms with Gasteiger partial charge in [0.1, 0.15) is 5.82 Å². The average molecular weight is 370 g/mol. The molecule has 0 saturated carbocycles. The van der Waals surface area contributed by atoms with Crippen molar-refractivity contribution in [2.24, 2.45) is 11.8 Å². The number of hydrogen-bond acceptors (Lipinski definition) is 4. The number of nitrogens with one attached hydrogen (secondary N) is 1. The van der Waals surface area contributed by atoms with Crippen LogP contribution in [0, 0.1) is 17.7 Å². The SMILES string of the molecule is COc1ccccc1OCC(=O)N1C[C@@H]2CNC[C@@H]2[C@H]1c1cccc(F)c1. The molecule has 6 heteroatoms. The maximum atomic E-state index is 13.8. The van der Waals surface area contributed by atoms with Crippen LogP contribution in [-0.2, 0) is 4.79 Å². The highest BCUT2D eigenvalue weighted by molar-refractivity contribution is 5.79. The Kier molecular flexibility index (Phi) is 4.99. The van der Waals surface area contributed by atoms with Crippen LogP contribution in [0.15, 0.2) is 48.5 Å². The molecular weight excluding hydrogens is 347 g/mol. The fourth-order valence-corrected chi connectivity index (χ4v) is 4.26. The van der Waals surface area contributed by atoms with Crippen molar-refractivity contribution < 1.29 is 18.7 Å². The third kappa shape index (κ3) is 3.49. The van der Waals surface area contributed by atoms with Crippen LogP contribution in [0.1, 0.15) is 11.6 Å². The van der Waals surface area contributed by atoms with Crippen LogP contribution in [0.25, 0.3) is 0 Å². The highest BCUT2D eigenvalue weighted by Gasteiger charge is 2.46. The third-order valence-electron chi connectivity index (χ3n) is 5.50. The smallest absolute Gasteiger partial charge is 0.261 e. The first-order valence-corrected chi connectivity index (χ1v) is 9.19. The standard InChI is InChI=1S/C21H23FN2O3/c1-26-18-7-2-3-8-19(18)27-13-20(25)24-12-15-10-23-11-17(15)21(24)14-5-4-6-16(22)9-14/h2-9,15,17,21,23H,10-13H2,1H3/t15-,17-,21+/m0/s1. The molecule has 2 aliphatic heterocycles. The lowest BCUT2D eigenvalue weighted by atomic mass is 9.89. The molecular formula is C21H23FN2O3. The van der Waals surface area contributed by atoms with Gasteiger partial charge in [0.2, 0.25) is 0 Å². The first-order chi connectivity index (χ1) is 13.2. The van der Waals surface area contributed by atoms with Crippen LogP contribution >= 0.6 is 0 Å². The van der Waals surface area contributed by atoms with Crippen LogP contribution in [0.3, 0.4) is 0 Å². The molecule has 0 aliphatic carbocycles. The minimum atomic E-state index is -0.278. The van der Waals surface area contributed by atoms with Gasteiger partial charge in [-0.1, -0.05) is 24.3 Å². The molecule has 27 heavy (non-hydrogen) atoms. The number of fused-ring (bicyclic) bond motifs is 1. The van der Waals surface area contributed by atoms with Gasteiger partial charge < -0.3 is 19.7 Å². The molecule has 2 aromatic carbocycles. The lowest BCUT2D eigenvalue weighted by Gasteiger charge is -2.28. The number of ether oxygens (including phenoxy) is 2. The van der Waals surface area contributed by atoms with Crippen molar-refractivity contribution in [3.8, 4) is 11.5 Å². The molecule has 0 unspecified atom stereocenters. The topological polar surface area (TPSA) is 50.8 Å². The van der Waals surface area contributed by atoms with Gasteiger partial charge in [0.15, 0.2) is 18.1 Å². The maximum Gasteiger partial charge on any atom is 0.261 e. The van der Waals surface area contributed by atoms with E-state index >= 15 is 0 Å². The van der Waals surface area contributed by atoms with E-state index in [1.54, 1.807) is 25.3 Å². The molecule has 3 atom stereocenters. The monoisotopic (exact) mass is 370 g/mol. The Balaban J connectivity index is 1.53. The molecule has 0 aromatic heterocycles. The molecule has 0 spiro atoms. The van der Waals surface area contributed by atoms with Crippen LogP contribution in [0.2, 0.25) is 0 Å². The number of halogens is 1. The molecule has 0 bridgehead atoms. The van der Waals surface area contributed by atoms with Gasteiger partial charge in [0, 0.05) is 25.6 Å². The zero-order valence-corrected chi connectivity index (χ0v) is 15.2. The number of carbonyl (C=O) groups excluding carboxylic acids is 1. The molecule has 0 radical (unpaired) electrons. The fraction of sp³-hybridized carbons (Fsp3) is 0.381. The van der Waals surface area contributed by atoms with E-state index < -0.39 is 0 Å². The summed E-state index contributed by atoms with van der Waals surface area (Å²) in [6.45, 7) is 2.31. The molecule has 5 nitrogen and oxygen atoms in total. The van der Waals surface area contributed by atoms with Crippen LogP contribution in [-0.4, -0.2) is 44.2 Å². The van der Waals surface area contributed by atoms with Gasteiger partial charge in [0.05, 0.1) is 13.2 Å². The third-order valence-corrected chi connectivity index (χ3v) is 5.50. The fourth-order valence-electron chi connectivity index (χ4n) is 4.26. The Morgan fingerprint density at radius 2 is 2.00 bits per heavy atom. The van der Waals surface area contributed by atoms with Gasteiger partial charge >= 0.3 is 0 Å². The number of carbonyl (C=O) groups is 1. The summed E-state index contributed by atoms with van der Waals surface area (Å²) in [7, 11) is 1.57. The zero-order valence-electron chi connectivity index (χ0n) is 15.2. The summed E-state index contributed by atoms with van der Waals surface area (Å²) in [5.41, 5.74) is 0.844. The van der Waals surface area contributed by atoms with Gasteiger partial charge in [-0.05, 0) is 35.7 Å². The van der Waals surface area contributed by atoms with E-state index in [9.17, 15) is 9.18 Å². The van der Waals surface area contributed by atoms with Crippen molar-refractivity contribution in [2.45, 2.75) is 6.04 Å². The van der Waals surface area contributed by atoms with Gasteiger partial charge in [0.25, 0.3) is 5.91 Å². The van der Waals surface area contributed by atoms with E-state index in [0.29, 0.717) is 29.9 Å². The summed E-state index contributed by atoms with van der Waals surface area (Å²) < 4.78 is 24.8. The molecule has 2 aliphatic rings. The molecule has 2 saturated heterocycles. The Labute approximate surface area is 158 Å². The van der Waals surface area contributed by atoms with E-state index in [1.807, 2.05) is 23.1 Å². The Hall–Kier alpha value is -2.60. The predicted octanol–water partition coefficient (Wildman–Crippen LogP) is 2.63. The van der Waals surface area contributed by atoms with Crippen LogP contribution in [0.5, 0.6) is 11.5 Å². The second-order valence-corrected chi connectivity index (χ2v) is 7.07. The number of likely N-dealkylation sites (tertiary alicyclic amines) is 1. The minimum Gasteiger partial charge on any atom is -0.493 e. The van der Waals surface area contributed by atoms with Crippen molar-refractivity contribution in [2.75, 3.05) is 33.4 Å². The van der Waals surface area contributed by atoms with Gasteiger partial charge in [-0.15, -0.1) is 0 Å². The van der Waals surface area contributed by atoms with Crippen molar-refractivity contribution in [1.29, 1.82) is 0 Å².